The van der Waals surface area contributed by atoms with Crippen molar-refractivity contribution in [3.8, 4) is 0 Å². The number of carbonyl (C=O) groups excluding carboxylic acids is 1. The number of aliphatic carboxylic acids is 1. The van der Waals surface area contributed by atoms with E-state index in [0.717, 1.165) is 5.56 Å². The van der Waals surface area contributed by atoms with Gasteiger partial charge in [-0.2, -0.15) is 0 Å². The molecule has 0 aliphatic heterocycles. The molecule has 0 unspecified atom stereocenters. The number of carbonyl (C=O) groups is 2. The maximum absolute atomic E-state index is 12.9. The number of aromatic nitrogens is 2. The van der Waals surface area contributed by atoms with E-state index >= 15 is 0 Å². The van der Waals surface area contributed by atoms with Gasteiger partial charge < -0.3 is 10.0 Å². The molecule has 0 radical (unpaired) electrons. The van der Waals surface area contributed by atoms with Gasteiger partial charge in [-0.25, -0.2) is 9.78 Å². The number of aldehydes is 1. The standard InChI is InChI=1S/C22H23N3O4/c1-3-15(2)19(22(28)29)25(13-16-9-5-4-6-10-16)20-17(14-26)21(27)24-12-8-7-11-18(24)23-20/h4-12,14-15,19H,3,13H2,1-2H3,(H,28,29)/t15-,19-/m0/s1. The molecule has 3 rings (SSSR count). The Balaban J connectivity index is 2.26. The Bertz CT molecular complexity index is 1080. The number of carboxylic acids is 1. The van der Waals surface area contributed by atoms with Crippen LogP contribution >= 0.6 is 0 Å². The second kappa shape index (κ2) is 8.68. The molecule has 2 heterocycles. The first-order valence-electron chi connectivity index (χ1n) is 9.47. The first kappa shape index (κ1) is 20.3. The van der Waals surface area contributed by atoms with Crippen LogP contribution in [0.2, 0.25) is 0 Å². The van der Waals surface area contributed by atoms with Crippen molar-refractivity contribution in [2.45, 2.75) is 32.9 Å². The fraction of sp³-hybridized carbons (Fsp3) is 0.273. The molecule has 0 aliphatic rings. The molecule has 0 aliphatic carbocycles. The second-order valence-electron chi connectivity index (χ2n) is 6.98. The van der Waals surface area contributed by atoms with E-state index in [1.54, 1.807) is 23.1 Å². The van der Waals surface area contributed by atoms with Gasteiger partial charge in [0.05, 0.1) is 0 Å². The van der Waals surface area contributed by atoms with E-state index in [9.17, 15) is 19.5 Å². The molecule has 150 valence electrons. The smallest absolute Gasteiger partial charge is 0.326 e. The monoisotopic (exact) mass is 393 g/mol. The van der Waals surface area contributed by atoms with Gasteiger partial charge in [0.15, 0.2) is 6.29 Å². The maximum atomic E-state index is 12.9. The number of rotatable bonds is 8. The minimum atomic E-state index is -1.03. The summed E-state index contributed by atoms with van der Waals surface area (Å²) in [5.41, 5.74) is 0.532. The number of benzene rings is 1. The van der Waals surface area contributed by atoms with Gasteiger partial charge in [-0.15, -0.1) is 0 Å². The highest BCUT2D eigenvalue weighted by molar-refractivity contribution is 5.86. The van der Waals surface area contributed by atoms with Crippen molar-refractivity contribution < 1.29 is 14.7 Å². The van der Waals surface area contributed by atoms with E-state index in [-0.39, 0.29) is 23.8 Å². The number of anilines is 1. The third kappa shape index (κ3) is 4.03. The van der Waals surface area contributed by atoms with Crippen LogP contribution in [0.3, 0.4) is 0 Å². The highest BCUT2D eigenvalue weighted by Gasteiger charge is 2.33. The summed E-state index contributed by atoms with van der Waals surface area (Å²) in [5.74, 6) is -1.17. The summed E-state index contributed by atoms with van der Waals surface area (Å²) in [7, 11) is 0. The van der Waals surface area contributed by atoms with Crippen molar-refractivity contribution in [3.05, 3.63) is 76.2 Å². The SMILES string of the molecule is CC[C@H](C)[C@@H](C(=O)O)N(Cc1ccccc1)c1nc2ccccn2c(=O)c1C=O. The molecule has 0 saturated carbocycles. The first-order valence-corrected chi connectivity index (χ1v) is 9.47. The summed E-state index contributed by atoms with van der Waals surface area (Å²) in [6, 6.07) is 13.4. The lowest BCUT2D eigenvalue weighted by Crippen LogP contribution is -2.47. The molecule has 1 aromatic carbocycles. The predicted octanol–water partition coefficient (Wildman–Crippen LogP) is 3.01. The van der Waals surface area contributed by atoms with Crippen molar-refractivity contribution in [3.63, 3.8) is 0 Å². The Morgan fingerprint density at radius 3 is 2.52 bits per heavy atom. The molecule has 2 aromatic heterocycles. The summed E-state index contributed by atoms with van der Waals surface area (Å²) in [6.07, 6.45) is 2.61. The summed E-state index contributed by atoms with van der Waals surface area (Å²) in [4.78, 5) is 43.0. The molecule has 7 nitrogen and oxygen atoms in total. The van der Waals surface area contributed by atoms with Crippen molar-refractivity contribution >= 4 is 23.7 Å². The van der Waals surface area contributed by atoms with Gasteiger partial charge in [-0.05, 0) is 23.6 Å². The average molecular weight is 393 g/mol. The Kier molecular flexibility index (Phi) is 6.07. The topological polar surface area (TPSA) is 92.0 Å². The van der Waals surface area contributed by atoms with Crippen LogP contribution in [-0.4, -0.2) is 32.8 Å². The normalized spacial score (nSPS) is 13.0. The largest absolute Gasteiger partial charge is 0.480 e. The molecule has 1 N–H and O–H groups in total. The predicted molar refractivity (Wildman–Crippen MR) is 110 cm³/mol. The molecule has 29 heavy (non-hydrogen) atoms. The van der Waals surface area contributed by atoms with Crippen LogP contribution in [0.15, 0.2) is 59.5 Å². The number of fused-ring (bicyclic) bond motifs is 1. The molecule has 2 atom stereocenters. The highest BCUT2D eigenvalue weighted by Crippen LogP contribution is 2.26. The number of hydrogen-bond acceptors (Lipinski definition) is 5. The number of hydrogen-bond donors (Lipinski definition) is 1. The molecule has 0 fully saturated rings. The fourth-order valence-electron chi connectivity index (χ4n) is 3.41. The van der Waals surface area contributed by atoms with Crippen LogP contribution in [-0.2, 0) is 11.3 Å². The molecule has 7 heteroatoms. The van der Waals surface area contributed by atoms with Gasteiger partial charge in [-0.1, -0.05) is 56.7 Å². The molecule has 3 aromatic rings. The lowest BCUT2D eigenvalue weighted by molar-refractivity contribution is -0.139. The summed E-state index contributed by atoms with van der Waals surface area (Å²) < 4.78 is 1.28. The Hall–Kier alpha value is -3.48. The Labute approximate surface area is 168 Å². The quantitative estimate of drug-likeness (QED) is 0.592. The van der Waals surface area contributed by atoms with Crippen molar-refractivity contribution in [1.29, 1.82) is 0 Å². The third-order valence-electron chi connectivity index (χ3n) is 5.11. The van der Waals surface area contributed by atoms with E-state index in [4.69, 9.17) is 0 Å². The average Bonchev–Trinajstić information content (AvgIpc) is 2.73. The molecular weight excluding hydrogens is 370 g/mol. The van der Waals surface area contributed by atoms with Crippen molar-refractivity contribution in [2.75, 3.05) is 4.90 Å². The summed E-state index contributed by atoms with van der Waals surface area (Å²) in [6.45, 7) is 3.95. The van der Waals surface area contributed by atoms with Crippen LogP contribution in [0, 0.1) is 5.92 Å². The zero-order valence-corrected chi connectivity index (χ0v) is 16.4. The van der Waals surface area contributed by atoms with Gasteiger partial charge in [0.1, 0.15) is 23.1 Å². The Morgan fingerprint density at radius 2 is 1.90 bits per heavy atom. The molecule has 0 amide bonds. The van der Waals surface area contributed by atoms with E-state index in [2.05, 4.69) is 4.98 Å². The molecular formula is C22H23N3O4. The van der Waals surface area contributed by atoms with Gasteiger partial charge in [0.2, 0.25) is 0 Å². The minimum Gasteiger partial charge on any atom is -0.480 e. The molecule has 0 saturated heterocycles. The van der Waals surface area contributed by atoms with Crippen LogP contribution < -0.4 is 10.5 Å². The second-order valence-corrected chi connectivity index (χ2v) is 6.98. The summed E-state index contributed by atoms with van der Waals surface area (Å²) in [5, 5.41) is 9.99. The zero-order valence-electron chi connectivity index (χ0n) is 16.4. The van der Waals surface area contributed by atoms with Crippen molar-refractivity contribution in [1.82, 2.24) is 9.38 Å². The van der Waals surface area contributed by atoms with Crippen molar-refractivity contribution in [2.24, 2.45) is 5.92 Å². The van der Waals surface area contributed by atoms with Gasteiger partial charge in [0, 0.05) is 12.7 Å². The molecule has 0 spiro atoms. The van der Waals surface area contributed by atoms with E-state index < -0.39 is 17.6 Å². The maximum Gasteiger partial charge on any atom is 0.326 e. The van der Waals surface area contributed by atoms with Crippen LogP contribution in [0.1, 0.15) is 36.2 Å². The van der Waals surface area contributed by atoms with E-state index in [1.165, 1.54) is 10.6 Å². The van der Waals surface area contributed by atoms with Gasteiger partial charge >= 0.3 is 5.97 Å². The number of nitrogens with zero attached hydrogens (tertiary/aromatic N) is 3. The lowest BCUT2D eigenvalue weighted by Gasteiger charge is -2.34. The van der Waals surface area contributed by atoms with Gasteiger partial charge in [0.25, 0.3) is 5.56 Å². The minimum absolute atomic E-state index is 0.0905. The van der Waals surface area contributed by atoms with E-state index in [0.29, 0.717) is 18.4 Å². The third-order valence-corrected chi connectivity index (χ3v) is 5.11. The number of pyridine rings is 1. The summed E-state index contributed by atoms with van der Waals surface area (Å²) >= 11 is 0. The lowest BCUT2D eigenvalue weighted by atomic mass is 9.96. The fourth-order valence-corrected chi connectivity index (χ4v) is 3.41. The Morgan fingerprint density at radius 1 is 1.21 bits per heavy atom. The van der Waals surface area contributed by atoms with Crippen LogP contribution in [0.5, 0.6) is 0 Å². The van der Waals surface area contributed by atoms with Crippen LogP contribution in [0.4, 0.5) is 5.82 Å². The zero-order chi connectivity index (χ0) is 21.0. The van der Waals surface area contributed by atoms with Crippen LogP contribution in [0.25, 0.3) is 5.65 Å². The number of carboxylic acid groups (broad SMARTS) is 1. The highest BCUT2D eigenvalue weighted by atomic mass is 16.4. The first-order chi connectivity index (χ1) is 14.0. The van der Waals surface area contributed by atoms with Gasteiger partial charge in [-0.3, -0.25) is 14.0 Å². The molecule has 0 bridgehead atoms. The van der Waals surface area contributed by atoms with E-state index in [1.807, 2.05) is 44.2 Å².